The maximum atomic E-state index is 6.36. The Labute approximate surface area is 227 Å². The van der Waals surface area contributed by atoms with Crippen molar-refractivity contribution in [2.24, 2.45) is 0 Å². The molecule has 0 spiro atoms. The number of hydrogen-bond acceptors (Lipinski definition) is 2. The molecule has 0 aliphatic carbocycles. The fraction of sp³-hybridized carbons (Fsp3) is 0. The Morgan fingerprint density at radius 2 is 1.26 bits per heavy atom. The average molecular weight is 516 g/mol. The number of thiophene rings is 1. The van der Waals surface area contributed by atoms with Crippen molar-refractivity contribution in [2.75, 3.05) is 0 Å². The summed E-state index contributed by atoms with van der Waals surface area (Å²) in [6.45, 7) is 0. The topological polar surface area (TPSA) is 18.1 Å². The summed E-state index contributed by atoms with van der Waals surface area (Å²) < 4.78 is 11.5. The van der Waals surface area contributed by atoms with E-state index in [1.54, 1.807) is 0 Å². The van der Waals surface area contributed by atoms with E-state index in [9.17, 15) is 0 Å². The van der Waals surface area contributed by atoms with Gasteiger partial charge in [0.1, 0.15) is 11.2 Å². The molecule has 0 aliphatic heterocycles. The van der Waals surface area contributed by atoms with Gasteiger partial charge in [-0.3, -0.25) is 0 Å². The Kier molecular flexibility index (Phi) is 4.24. The van der Waals surface area contributed by atoms with Gasteiger partial charge in [0.15, 0.2) is 0 Å². The summed E-state index contributed by atoms with van der Waals surface area (Å²) in [5, 5.41) is 7.47. The summed E-state index contributed by atoms with van der Waals surface area (Å²) in [5.41, 5.74) is 7.82. The molecule has 182 valence electrons. The first-order valence-electron chi connectivity index (χ1n) is 13.2. The molecule has 0 atom stereocenters. The predicted molar refractivity (Wildman–Crippen MR) is 166 cm³/mol. The van der Waals surface area contributed by atoms with Crippen LogP contribution in [0.4, 0.5) is 0 Å². The van der Waals surface area contributed by atoms with Gasteiger partial charge in [0.2, 0.25) is 0 Å². The third kappa shape index (κ3) is 2.96. The summed E-state index contributed by atoms with van der Waals surface area (Å²) in [5.74, 6) is 0. The SMILES string of the molecule is c1ccc(-c2ccc3c(c2)oc2ccc(-n4c5ccccc5c5ccc6c7ccccc7sc6c54)cc23)cc1. The number of para-hydroxylation sites is 1. The number of rotatable bonds is 2. The van der Waals surface area contributed by atoms with E-state index in [0.29, 0.717) is 0 Å². The second kappa shape index (κ2) is 7.83. The molecule has 0 unspecified atom stereocenters. The quantitative estimate of drug-likeness (QED) is 0.224. The van der Waals surface area contributed by atoms with Crippen LogP contribution in [0, 0.1) is 0 Å². The Balaban J connectivity index is 1.35. The second-order valence-electron chi connectivity index (χ2n) is 10.1. The first-order valence-corrected chi connectivity index (χ1v) is 14.0. The van der Waals surface area contributed by atoms with Crippen molar-refractivity contribution in [1.29, 1.82) is 0 Å². The van der Waals surface area contributed by atoms with Crippen LogP contribution in [0.25, 0.3) is 80.7 Å². The van der Waals surface area contributed by atoms with Crippen LogP contribution in [-0.2, 0) is 0 Å². The van der Waals surface area contributed by atoms with E-state index in [1.165, 1.54) is 47.5 Å². The summed E-state index contributed by atoms with van der Waals surface area (Å²) in [7, 11) is 0. The number of aromatic nitrogens is 1. The van der Waals surface area contributed by atoms with E-state index in [-0.39, 0.29) is 0 Å². The number of benzene rings is 6. The van der Waals surface area contributed by atoms with Crippen LogP contribution in [0.1, 0.15) is 0 Å². The monoisotopic (exact) mass is 515 g/mol. The van der Waals surface area contributed by atoms with Crippen molar-refractivity contribution in [3.8, 4) is 16.8 Å². The van der Waals surface area contributed by atoms with Crippen LogP contribution >= 0.6 is 11.3 Å². The summed E-state index contributed by atoms with van der Waals surface area (Å²) >= 11 is 1.88. The molecule has 3 heteroatoms. The lowest BCUT2D eigenvalue weighted by molar-refractivity contribution is 0.669. The standard InChI is InChI=1S/C36H21NOS/c1-2-8-22(9-3-1)23-14-16-26-30-21-24(15-19-32(30)38-33(26)20-23)37-31-12-6-4-10-25(31)28-17-18-29-27-11-5-7-13-34(27)39-36(29)35(28)37/h1-21H. The maximum Gasteiger partial charge on any atom is 0.136 e. The molecule has 0 aliphatic rings. The van der Waals surface area contributed by atoms with E-state index in [1.807, 2.05) is 17.4 Å². The fourth-order valence-corrected chi connectivity index (χ4v) is 7.45. The van der Waals surface area contributed by atoms with Crippen molar-refractivity contribution < 1.29 is 4.42 Å². The molecule has 0 fully saturated rings. The van der Waals surface area contributed by atoms with Gasteiger partial charge in [0.05, 0.1) is 15.7 Å². The maximum absolute atomic E-state index is 6.36. The fourth-order valence-electron chi connectivity index (χ4n) is 6.21. The number of fused-ring (bicyclic) bond motifs is 10. The molecule has 9 rings (SSSR count). The van der Waals surface area contributed by atoms with Crippen LogP contribution in [0.3, 0.4) is 0 Å². The van der Waals surface area contributed by atoms with E-state index >= 15 is 0 Å². The van der Waals surface area contributed by atoms with Gasteiger partial charge in [-0.2, -0.15) is 0 Å². The summed E-state index contributed by atoms with van der Waals surface area (Å²) in [6.07, 6.45) is 0. The summed E-state index contributed by atoms with van der Waals surface area (Å²) in [4.78, 5) is 0. The number of nitrogens with zero attached hydrogens (tertiary/aromatic N) is 1. The van der Waals surface area contributed by atoms with E-state index in [2.05, 4.69) is 126 Å². The molecular formula is C36H21NOS. The molecule has 0 amide bonds. The van der Waals surface area contributed by atoms with Crippen molar-refractivity contribution >= 4 is 75.3 Å². The Hall–Kier alpha value is -4.86. The van der Waals surface area contributed by atoms with Gasteiger partial charge >= 0.3 is 0 Å². The van der Waals surface area contributed by atoms with E-state index in [4.69, 9.17) is 4.42 Å². The largest absolute Gasteiger partial charge is 0.456 e. The minimum absolute atomic E-state index is 0.909. The minimum Gasteiger partial charge on any atom is -0.456 e. The third-order valence-electron chi connectivity index (χ3n) is 8.00. The highest BCUT2D eigenvalue weighted by molar-refractivity contribution is 7.26. The van der Waals surface area contributed by atoms with Gasteiger partial charge in [-0.05, 0) is 53.6 Å². The number of furan rings is 1. The molecule has 39 heavy (non-hydrogen) atoms. The molecule has 3 aromatic heterocycles. The molecule has 0 radical (unpaired) electrons. The van der Waals surface area contributed by atoms with Crippen LogP contribution in [-0.4, -0.2) is 4.57 Å². The van der Waals surface area contributed by atoms with Gasteiger partial charge in [0.25, 0.3) is 0 Å². The first-order chi connectivity index (χ1) is 19.3. The molecule has 9 aromatic rings. The van der Waals surface area contributed by atoms with Crippen molar-refractivity contribution in [2.45, 2.75) is 0 Å². The third-order valence-corrected chi connectivity index (χ3v) is 9.19. The first kappa shape index (κ1) is 21.1. The highest BCUT2D eigenvalue weighted by Gasteiger charge is 2.18. The zero-order valence-electron chi connectivity index (χ0n) is 20.9. The van der Waals surface area contributed by atoms with E-state index < -0.39 is 0 Å². The Morgan fingerprint density at radius 3 is 2.18 bits per heavy atom. The molecular weight excluding hydrogens is 494 g/mol. The lowest BCUT2D eigenvalue weighted by atomic mass is 10.0. The van der Waals surface area contributed by atoms with Crippen molar-refractivity contribution in [3.63, 3.8) is 0 Å². The van der Waals surface area contributed by atoms with Crippen molar-refractivity contribution in [1.82, 2.24) is 4.57 Å². The van der Waals surface area contributed by atoms with Gasteiger partial charge in [0, 0.05) is 42.7 Å². The highest BCUT2D eigenvalue weighted by Crippen LogP contribution is 2.43. The van der Waals surface area contributed by atoms with Crippen LogP contribution in [0.5, 0.6) is 0 Å². The molecule has 3 heterocycles. The van der Waals surface area contributed by atoms with Crippen molar-refractivity contribution in [3.05, 3.63) is 127 Å². The minimum atomic E-state index is 0.909. The van der Waals surface area contributed by atoms with Crippen LogP contribution in [0.15, 0.2) is 132 Å². The second-order valence-corrected chi connectivity index (χ2v) is 11.2. The average Bonchev–Trinajstić information content (AvgIpc) is 3.66. The molecule has 6 aromatic carbocycles. The van der Waals surface area contributed by atoms with Gasteiger partial charge < -0.3 is 8.98 Å². The molecule has 0 saturated heterocycles. The summed E-state index contributed by atoms with van der Waals surface area (Å²) in [6, 6.07) is 45.7. The lowest BCUT2D eigenvalue weighted by Crippen LogP contribution is -1.93. The molecule has 2 nitrogen and oxygen atoms in total. The normalized spacial score (nSPS) is 12.1. The van der Waals surface area contributed by atoms with Crippen LogP contribution in [0.2, 0.25) is 0 Å². The van der Waals surface area contributed by atoms with Gasteiger partial charge in [-0.25, -0.2) is 0 Å². The zero-order chi connectivity index (χ0) is 25.5. The van der Waals surface area contributed by atoms with E-state index in [0.717, 1.165) is 33.2 Å². The predicted octanol–water partition coefficient (Wildman–Crippen LogP) is 10.7. The lowest BCUT2D eigenvalue weighted by Gasteiger charge is -2.09. The van der Waals surface area contributed by atoms with Gasteiger partial charge in [-0.1, -0.05) is 84.9 Å². The Bertz CT molecular complexity index is 2390. The molecule has 0 saturated carbocycles. The highest BCUT2D eigenvalue weighted by atomic mass is 32.1. The molecule has 0 N–H and O–H groups in total. The Morgan fingerprint density at radius 1 is 0.487 bits per heavy atom. The molecule has 0 bridgehead atoms. The zero-order valence-corrected chi connectivity index (χ0v) is 21.7. The van der Waals surface area contributed by atoms with Crippen LogP contribution < -0.4 is 0 Å². The number of hydrogen-bond donors (Lipinski definition) is 0. The van der Waals surface area contributed by atoms with Gasteiger partial charge in [-0.15, -0.1) is 11.3 Å². The smallest absolute Gasteiger partial charge is 0.136 e.